The first kappa shape index (κ1) is 21.3. The van der Waals surface area contributed by atoms with Crippen LogP contribution in [0.1, 0.15) is 86.0 Å². The van der Waals surface area contributed by atoms with Crippen molar-refractivity contribution in [3.05, 3.63) is 23.8 Å². The highest BCUT2D eigenvalue weighted by Gasteiger charge is 2.62. The Kier molecular flexibility index (Phi) is 5.64. The maximum atomic E-state index is 12.0. The summed E-state index contributed by atoms with van der Waals surface area (Å²) in [5.74, 6) is 4.11. The SMILES string of the molecule is CC(C)CCCC(C)C1CCC2C3CCC4=CC(=O)C=CC4(C)C3CC(O)C12C. The van der Waals surface area contributed by atoms with Gasteiger partial charge in [-0.2, -0.15) is 0 Å². The average molecular weight is 399 g/mol. The Bertz CT molecular complexity index is 703. The standard InChI is InChI=1S/C27H42O2/c1-17(2)7-6-8-18(3)22-11-12-23-21-10-9-19-15-20(28)13-14-26(19,4)24(21)16-25(29)27(22,23)5/h13-15,17-18,21-25,29H,6-12,16H2,1-5H3. The molecule has 162 valence electrons. The van der Waals surface area contributed by atoms with Gasteiger partial charge in [0.15, 0.2) is 5.78 Å². The Morgan fingerprint density at radius 1 is 1.10 bits per heavy atom. The quantitative estimate of drug-likeness (QED) is 0.586. The molecule has 0 spiro atoms. The summed E-state index contributed by atoms with van der Waals surface area (Å²) < 4.78 is 0. The van der Waals surface area contributed by atoms with E-state index < -0.39 is 0 Å². The van der Waals surface area contributed by atoms with Gasteiger partial charge in [0.1, 0.15) is 0 Å². The first-order valence-corrected chi connectivity index (χ1v) is 12.3. The fraction of sp³-hybridized carbons (Fsp3) is 0.815. The van der Waals surface area contributed by atoms with Crippen molar-refractivity contribution in [1.82, 2.24) is 0 Å². The number of carbonyl (C=O) groups is 1. The number of rotatable bonds is 5. The summed E-state index contributed by atoms with van der Waals surface area (Å²) in [6.45, 7) is 11.9. The average Bonchev–Trinajstić information content (AvgIpc) is 3.02. The number of fused-ring (bicyclic) bond motifs is 5. The lowest BCUT2D eigenvalue weighted by atomic mass is 9.46. The van der Waals surface area contributed by atoms with Crippen molar-refractivity contribution in [2.45, 2.75) is 92.1 Å². The van der Waals surface area contributed by atoms with Crippen LogP contribution in [-0.2, 0) is 4.79 Å². The topological polar surface area (TPSA) is 37.3 Å². The Labute approximate surface area is 178 Å². The van der Waals surface area contributed by atoms with Crippen molar-refractivity contribution in [2.75, 3.05) is 0 Å². The molecule has 3 saturated carbocycles. The molecule has 0 bridgehead atoms. The van der Waals surface area contributed by atoms with Crippen LogP contribution in [0.25, 0.3) is 0 Å². The third-order valence-corrected chi connectivity index (χ3v) is 9.86. The van der Waals surface area contributed by atoms with Gasteiger partial charge in [0.25, 0.3) is 0 Å². The van der Waals surface area contributed by atoms with Crippen molar-refractivity contribution in [3.63, 3.8) is 0 Å². The van der Waals surface area contributed by atoms with E-state index >= 15 is 0 Å². The summed E-state index contributed by atoms with van der Waals surface area (Å²) in [5.41, 5.74) is 1.36. The van der Waals surface area contributed by atoms with Crippen molar-refractivity contribution in [3.8, 4) is 0 Å². The lowest BCUT2D eigenvalue weighted by Crippen LogP contribution is -2.56. The summed E-state index contributed by atoms with van der Waals surface area (Å²) in [4.78, 5) is 12.0. The molecule has 0 heterocycles. The Balaban J connectivity index is 1.55. The van der Waals surface area contributed by atoms with Gasteiger partial charge >= 0.3 is 0 Å². The summed E-state index contributed by atoms with van der Waals surface area (Å²) in [6, 6.07) is 0. The minimum absolute atomic E-state index is 0.0277. The third kappa shape index (κ3) is 3.38. The largest absolute Gasteiger partial charge is 0.393 e. The normalized spacial score (nSPS) is 44.9. The third-order valence-electron chi connectivity index (χ3n) is 9.86. The van der Waals surface area contributed by atoms with Gasteiger partial charge in [-0.05, 0) is 85.2 Å². The van der Waals surface area contributed by atoms with Crippen LogP contribution in [0.5, 0.6) is 0 Å². The monoisotopic (exact) mass is 398 g/mol. The van der Waals surface area contributed by atoms with E-state index in [-0.39, 0.29) is 22.7 Å². The molecule has 4 aliphatic carbocycles. The van der Waals surface area contributed by atoms with E-state index in [2.05, 4.69) is 40.7 Å². The minimum Gasteiger partial charge on any atom is -0.393 e. The van der Waals surface area contributed by atoms with Gasteiger partial charge in [0.05, 0.1) is 6.10 Å². The Hall–Kier alpha value is -0.890. The number of hydrogen-bond acceptors (Lipinski definition) is 2. The molecule has 2 nitrogen and oxygen atoms in total. The van der Waals surface area contributed by atoms with Crippen LogP contribution >= 0.6 is 0 Å². The Morgan fingerprint density at radius 2 is 1.86 bits per heavy atom. The zero-order valence-electron chi connectivity index (χ0n) is 19.3. The molecular weight excluding hydrogens is 356 g/mol. The lowest BCUT2D eigenvalue weighted by Gasteiger charge is -2.59. The molecule has 0 aromatic rings. The smallest absolute Gasteiger partial charge is 0.178 e. The molecule has 8 atom stereocenters. The molecule has 1 N–H and O–H groups in total. The lowest BCUT2D eigenvalue weighted by molar-refractivity contribution is -0.132. The van der Waals surface area contributed by atoms with Crippen LogP contribution in [-0.4, -0.2) is 17.0 Å². The first-order valence-electron chi connectivity index (χ1n) is 12.3. The molecule has 0 amide bonds. The van der Waals surface area contributed by atoms with Gasteiger partial charge < -0.3 is 5.11 Å². The van der Waals surface area contributed by atoms with Gasteiger partial charge in [-0.3, -0.25) is 4.79 Å². The van der Waals surface area contributed by atoms with Gasteiger partial charge in [-0.15, -0.1) is 0 Å². The minimum atomic E-state index is -0.212. The highest BCUT2D eigenvalue weighted by Crippen LogP contribution is 2.67. The van der Waals surface area contributed by atoms with Crippen LogP contribution in [0.4, 0.5) is 0 Å². The zero-order chi connectivity index (χ0) is 21.0. The summed E-state index contributed by atoms with van der Waals surface area (Å²) in [6.07, 6.45) is 15.3. The second-order valence-corrected chi connectivity index (χ2v) is 11.7. The van der Waals surface area contributed by atoms with Gasteiger partial charge in [-0.25, -0.2) is 0 Å². The van der Waals surface area contributed by atoms with Crippen LogP contribution in [0.2, 0.25) is 0 Å². The molecular formula is C27H42O2. The van der Waals surface area contributed by atoms with Gasteiger partial charge in [-0.1, -0.05) is 65.5 Å². The molecule has 0 aromatic carbocycles. The van der Waals surface area contributed by atoms with E-state index in [1.165, 1.54) is 44.1 Å². The maximum Gasteiger partial charge on any atom is 0.178 e. The predicted octanol–water partition coefficient (Wildman–Crippen LogP) is 6.34. The molecule has 8 unspecified atom stereocenters. The van der Waals surface area contributed by atoms with E-state index in [4.69, 9.17) is 0 Å². The maximum absolute atomic E-state index is 12.0. The number of carbonyl (C=O) groups excluding carboxylic acids is 1. The molecule has 4 aliphatic rings. The van der Waals surface area contributed by atoms with Gasteiger partial charge in [0.2, 0.25) is 0 Å². The van der Waals surface area contributed by atoms with E-state index in [0.717, 1.165) is 18.8 Å². The first-order chi connectivity index (χ1) is 13.7. The second kappa shape index (κ2) is 7.66. The fourth-order valence-corrected chi connectivity index (χ4v) is 8.18. The molecule has 2 heteroatoms. The molecule has 4 rings (SSSR count). The predicted molar refractivity (Wildman–Crippen MR) is 119 cm³/mol. The highest BCUT2D eigenvalue weighted by molar-refractivity contribution is 6.01. The van der Waals surface area contributed by atoms with Crippen molar-refractivity contribution >= 4 is 5.78 Å². The van der Waals surface area contributed by atoms with Gasteiger partial charge in [0, 0.05) is 5.41 Å². The summed E-state index contributed by atoms with van der Waals surface area (Å²) >= 11 is 0. The second-order valence-electron chi connectivity index (χ2n) is 11.7. The summed E-state index contributed by atoms with van der Waals surface area (Å²) in [7, 11) is 0. The number of ketones is 1. The summed E-state index contributed by atoms with van der Waals surface area (Å²) in [5, 5.41) is 11.6. The number of aliphatic hydroxyl groups excluding tert-OH is 1. The van der Waals surface area contributed by atoms with E-state index in [1.807, 2.05) is 6.08 Å². The van der Waals surface area contributed by atoms with Crippen molar-refractivity contribution in [1.29, 1.82) is 0 Å². The zero-order valence-corrected chi connectivity index (χ0v) is 19.3. The highest BCUT2D eigenvalue weighted by atomic mass is 16.3. The van der Waals surface area contributed by atoms with Crippen LogP contribution in [0, 0.1) is 46.3 Å². The van der Waals surface area contributed by atoms with Crippen LogP contribution in [0.15, 0.2) is 23.8 Å². The number of aliphatic hydroxyl groups is 1. The number of allylic oxidation sites excluding steroid dienone is 4. The molecule has 0 radical (unpaired) electrons. The van der Waals surface area contributed by atoms with E-state index in [9.17, 15) is 9.90 Å². The molecule has 0 aliphatic heterocycles. The Morgan fingerprint density at radius 3 is 2.59 bits per heavy atom. The molecule has 0 saturated heterocycles. The van der Waals surface area contributed by atoms with E-state index in [1.54, 1.807) is 6.08 Å². The number of hydrogen-bond donors (Lipinski definition) is 1. The molecule has 3 fully saturated rings. The van der Waals surface area contributed by atoms with Crippen molar-refractivity contribution in [2.24, 2.45) is 46.3 Å². The van der Waals surface area contributed by atoms with E-state index in [0.29, 0.717) is 29.6 Å². The molecule has 29 heavy (non-hydrogen) atoms. The molecule has 0 aromatic heterocycles. The van der Waals surface area contributed by atoms with Crippen molar-refractivity contribution < 1.29 is 9.90 Å². The van der Waals surface area contributed by atoms with Crippen LogP contribution < -0.4 is 0 Å². The van der Waals surface area contributed by atoms with Crippen LogP contribution in [0.3, 0.4) is 0 Å². The fourth-order valence-electron chi connectivity index (χ4n) is 8.18.